The highest BCUT2D eigenvalue weighted by Crippen LogP contribution is 2.47. The lowest BCUT2D eigenvalue weighted by Crippen LogP contribution is -2.58. The highest BCUT2D eigenvalue weighted by atomic mass is 16.7. The average molecular weight is 1050 g/mol. The summed E-state index contributed by atoms with van der Waals surface area (Å²) in [5.41, 5.74) is 0.890. The Labute approximate surface area is 442 Å². The van der Waals surface area contributed by atoms with Gasteiger partial charge in [-0.2, -0.15) is 0 Å². The van der Waals surface area contributed by atoms with Crippen LogP contribution >= 0.6 is 0 Å². The number of carboxylic acids is 1. The van der Waals surface area contributed by atoms with Crippen LogP contribution in [-0.4, -0.2) is 158 Å². The SMILES string of the molecule is CCC(C)C1OC2(C=CC1C)CC1CC(CC=C(C)C(OC3CC(OC)C(OC4CC(OC)C(O)C(C)O4)C(C)O3)C(C)C=CC=C3COC4C(O)C(C)=CC(C(=O)O1)C34O)O2.COc1ccccc1C=CC(=O)O. The van der Waals surface area contributed by atoms with E-state index in [4.69, 9.17) is 57.2 Å². The number of benzene rings is 1. The fraction of sp³-hybridized carbons (Fsp3) is 0.655. The van der Waals surface area contributed by atoms with Crippen molar-refractivity contribution < 1.29 is 82.1 Å². The average Bonchev–Trinajstić information content (AvgIpc) is 3.73. The number of ether oxygens (including phenoxy) is 11. The monoisotopic (exact) mass is 1050 g/mol. The van der Waals surface area contributed by atoms with Crippen LogP contribution in [0.15, 0.2) is 89.6 Å². The number of fused-ring (bicyclic) bond motifs is 2. The van der Waals surface area contributed by atoms with Crippen molar-refractivity contribution in [2.24, 2.45) is 23.7 Å². The first-order valence-electron chi connectivity index (χ1n) is 26.6. The van der Waals surface area contributed by atoms with E-state index in [1.165, 1.54) is 6.08 Å². The van der Waals surface area contributed by atoms with E-state index < -0.39 is 96.8 Å². The van der Waals surface area contributed by atoms with Crippen molar-refractivity contribution in [3.05, 3.63) is 95.2 Å². The molecule has 0 saturated carbocycles. The van der Waals surface area contributed by atoms with Crippen molar-refractivity contribution in [1.29, 1.82) is 0 Å². The number of aliphatic carboxylic acids is 1. The summed E-state index contributed by atoms with van der Waals surface area (Å²) >= 11 is 0. The number of aliphatic hydroxyl groups is 3. The molecular formula is C58H82O17. The third-order valence-corrected chi connectivity index (χ3v) is 16.0. The smallest absolute Gasteiger partial charge is 0.328 e. The molecule has 0 aromatic heterocycles. The van der Waals surface area contributed by atoms with Crippen molar-refractivity contribution in [2.45, 2.75) is 191 Å². The number of carbonyl (C=O) groups is 2. The predicted octanol–water partition coefficient (Wildman–Crippen LogP) is 7.17. The minimum atomic E-state index is -1.84. The summed E-state index contributed by atoms with van der Waals surface area (Å²) in [5, 5.41) is 42.6. The van der Waals surface area contributed by atoms with Gasteiger partial charge in [-0.1, -0.05) is 88.8 Å². The Balaban J connectivity index is 0.000000551. The van der Waals surface area contributed by atoms with Crippen LogP contribution < -0.4 is 4.74 Å². The molecule has 6 aliphatic heterocycles. The summed E-state index contributed by atoms with van der Waals surface area (Å²) in [6, 6.07) is 7.22. The maximum atomic E-state index is 14.3. The summed E-state index contributed by atoms with van der Waals surface area (Å²) in [6.45, 7) is 16.1. The molecule has 20 atom stereocenters. The lowest BCUT2D eigenvalue weighted by atomic mass is 9.71. The molecule has 1 aromatic rings. The van der Waals surface area contributed by atoms with Gasteiger partial charge in [0.25, 0.3) is 0 Å². The number of carbonyl (C=O) groups excluding carboxylic acids is 1. The first kappa shape index (κ1) is 58.6. The third kappa shape index (κ3) is 13.4. The Bertz CT molecular complexity index is 2290. The highest BCUT2D eigenvalue weighted by Gasteiger charge is 2.60. The Hall–Kier alpha value is -4.08. The van der Waals surface area contributed by atoms with E-state index in [1.807, 2.05) is 44.2 Å². The number of allylic oxidation sites excluding steroid dienone is 2. The van der Waals surface area contributed by atoms with E-state index in [-0.39, 0.29) is 42.7 Å². The van der Waals surface area contributed by atoms with Crippen LogP contribution in [0.1, 0.15) is 99.5 Å². The Kier molecular flexibility index (Phi) is 20.0. The third-order valence-electron chi connectivity index (χ3n) is 16.0. The number of carboxylic acid groups (broad SMARTS) is 1. The van der Waals surface area contributed by atoms with Gasteiger partial charge in [0.1, 0.15) is 47.8 Å². The predicted molar refractivity (Wildman–Crippen MR) is 277 cm³/mol. The van der Waals surface area contributed by atoms with Gasteiger partial charge in [0.2, 0.25) is 0 Å². The summed E-state index contributed by atoms with van der Waals surface area (Å²) < 4.78 is 68.7. The summed E-state index contributed by atoms with van der Waals surface area (Å²) in [7, 11) is 4.77. The summed E-state index contributed by atoms with van der Waals surface area (Å²) in [6.07, 6.45) is 11.1. The number of esters is 1. The van der Waals surface area contributed by atoms with Crippen molar-refractivity contribution >= 4 is 18.0 Å². The fourth-order valence-electron chi connectivity index (χ4n) is 11.5. The molecule has 4 fully saturated rings. The molecule has 6 heterocycles. The second kappa shape index (κ2) is 25.6. The Morgan fingerprint density at radius 3 is 2.31 bits per heavy atom. The molecule has 20 unspecified atom stereocenters. The molecule has 75 heavy (non-hydrogen) atoms. The zero-order valence-electron chi connectivity index (χ0n) is 45.4. The van der Waals surface area contributed by atoms with E-state index in [2.05, 4.69) is 39.8 Å². The number of hydrogen-bond acceptors (Lipinski definition) is 16. The van der Waals surface area contributed by atoms with E-state index >= 15 is 0 Å². The van der Waals surface area contributed by atoms with Crippen LogP contribution in [0.5, 0.6) is 5.75 Å². The van der Waals surface area contributed by atoms with Gasteiger partial charge in [-0.05, 0) is 75.0 Å². The first-order chi connectivity index (χ1) is 35.7. The molecule has 0 radical (unpaired) electrons. The van der Waals surface area contributed by atoms with Crippen molar-refractivity contribution in [1.82, 2.24) is 0 Å². The second-order valence-electron chi connectivity index (χ2n) is 21.4. The van der Waals surface area contributed by atoms with Gasteiger partial charge in [0, 0.05) is 63.4 Å². The van der Waals surface area contributed by atoms with Crippen LogP contribution in [-0.2, 0) is 57.0 Å². The van der Waals surface area contributed by atoms with Crippen LogP contribution in [0.3, 0.4) is 0 Å². The lowest BCUT2D eigenvalue weighted by molar-refractivity contribution is -0.318. The van der Waals surface area contributed by atoms with Gasteiger partial charge >= 0.3 is 11.9 Å². The molecule has 17 nitrogen and oxygen atoms in total. The second-order valence-corrected chi connectivity index (χ2v) is 21.4. The number of hydrogen-bond donors (Lipinski definition) is 4. The van der Waals surface area contributed by atoms with Crippen molar-refractivity contribution in [2.75, 3.05) is 27.9 Å². The largest absolute Gasteiger partial charge is 0.496 e. The van der Waals surface area contributed by atoms with Gasteiger partial charge < -0.3 is 72.5 Å². The quantitative estimate of drug-likeness (QED) is 0.0981. The molecule has 8 rings (SSSR count). The van der Waals surface area contributed by atoms with E-state index in [0.717, 1.165) is 23.6 Å². The maximum absolute atomic E-state index is 14.3. The van der Waals surface area contributed by atoms with Crippen molar-refractivity contribution in [3.8, 4) is 5.75 Å². The molecule has 2 bridgehead atoms. The Morgan fingerprint density at radius 1 is 0.893 bits per heavy atom. The number of methoxy groups -OCH3 is 3. The van der Waals surface area contributed by atoms with E-state index in [9.17, 15) is 24.9 Å². The molecule has 0 amide bonds. The minimum Gasteiger partial charge on any atom is -0.496 e. The van der Waals surface area contributed by atoms with Gasteiger partial charge in [-0.3, -0.25) is 4.79 Å². The highest BCUT2D eigenvalue weighted by molar-refractivity contribution is 5.85. The van der Waals surface area contributed by atoms with Gasteiger partial charge in [-0.15, -0.1) is 0 Å². The Morgan fingerprint density at radius 2 is 1.60 bits per heavy atom. The van der Waals surface area contributed by atoms with E-state index in [1.54, 1.807) is 59.5 Å². The van der Waals surface area contributed by atoms with Gasteiger partial charge in [-0.25, -0.2) is 4.79 Å². The fourth-order valence-corrected chi connectivity index (χ4v) is 11.5. The molecule has 4 saturated heterocycles. The molecule has 17 heteroatoms. The molecule has 4 N–H and O–H groups in total. The van der Waals surface area contributed by atoms with E-state index in [0.29, 0.717) is 49.0 Å². The molecule has 416 valence electrons. The lowest BCUT2D eigenvalue weighted by Gasteiger charge is -2.48. The number of rotatable bonds is 11. The van der Waals surface area contributed by atoms with Crippen LogP contribution in [0.4, 0.5) is 0 Å². The van der Waals surface area contributed by atoms with Gasteiger partial charge in [0.15, 0.2) is 18.4 Å². The molecular weight excluding hydrogens is 969 g/mol. The molecule has 1 spiro atoms. The zero-order chi connectivity index (χ0) is 54.4. The van der Waals surface area contributed by atoms with Crippen LogP contribution in [0.25, 0.3) is 6.08 Å². The number of para-hydroxylation sites is 1. The molecule has 1 aliphatic carbocycles. The minimum absolute atomic E-state index is 0.0317. The number of aliphatic hydroxyl groups excluding tert-OH is 2. The molecule has 7 aliphatic rings. The summed E-state index contributed by atoms with van der Waals surface area (Å²) in [4.78, 5) is 24.6. The van der Waals surface area contributed by atoms with Gasteiger partial charge in [0.05, 0.1) is 56.4 Å². The summed E-state index contributed by atoms with van der Waals surface area (Å²) in [5.74, 6) is -2.86. The zero-order valence-corrected chi connectivity index (χ0v) is 45.4. The topological polar surface area (TPSA) is 217 Å². The van der Waals surface area contributed by atoms with Crippen molar-refractivity contribution in [3.63, 3.8) is 0 Å². The first-order valence-corrected chi connectivity index (χ1v) is 26.6. The standard InChI is InChI=1S/C48H72O14.C10H10O3/c1-11-25(2)43-28(5)17-18-47(62-43)23-34-20-33(61-47)16-15-27(4)42(26(3)13-12-14-32-24-55-45-40(49)29(6)19-35(46(51)58-34)48(32,45)52)59-39-22-37(54-10)44(31(8)57-39)60-38-21-36(53-9)41(50)30(7)56-38;1-13-9-5-3-2-4-8(9)6-7-10(11)12/h12-15,17-19,25-26,28,30-31,33-45,49-50,52H,11,16,20-24H2,1-10H3;2-7H,1H3,(H,11,12). The maximum Gasteiger partial charge on any atom is 0.328 e. The van der Waals surface area contributed by atoms with Crippen LogP contribution in [0.2, 0.25) is 0 Å². The molecule has 1 aromatic carbocycles. The van der Waals surface area contributed by atoms with Crippen LogP contribution in [0, 0.1) is 23.7 Å². The normalized spacial score (nSPS) is 40.6.